The monoisotopic (exact) mass is 289 g/mol. The van der Waals surface area contributed by atoms with E-state index >= 15 is 0 Å². The van der Waals surface area contributed by atoms with Crippen LogP contribution in [-0.4, -0.2) is 45.7 Å². The van der Waals surface area contributed by atoms with E-state index in [-0.39, 0.29) is 5.75 Å². The molecule has 2 unspecified atom stereocenters. The zero-order valence-corrected chi connectivity index (χ0v) is 13.0. The van der Waals surface area contributed by atoms with E-state index in [0.29, 0.717) is 24.0 Å². The summed E-state index contributed by atoms with van der Waals surface area (Å²) in [5.41, 5.74) is 0.348. The summed E-state index contributed by atoms with van der Waals surface area (Å²) in [7, 11) is -2.82. The van der Waals surface area contributed by atoms with Gasteiger partial charge in [-0.05, 0) is 39.2 Å². The lowest BCUT2D eigenvalue weighted by Crippen LogP contribution is -2.62. The van der Waals surface area contributed by atoms with Gasteiger partial charge in [0.15, 0.2) is 0 Å². The van der Waals surface area contributed by atoms with Gasteiger partial charge < -0.3 is 10.1 Å². The molecule has 2 rings (SSSR count). The number of rotatable bonds is 7. The van der Waals surface area contributed by atoms with Crippen molar-refractivity contribution in [1.82, 2.24) is 5.32 Å². The summed E-state index contributed by atoms with van der Waals surface area (Å²) in [6.07, 6.45) is 8.68. The van der Waals surface area contributed by atoms with Crippen LogP contribution in [0.1, 0.15) is 45.4 Å². The Balaban J connectivity index is 1.78. The molecule has 2 saturated carbocycles. The molecule has 5 heteroatoms. The molecule has 0 radical (unpaired) electrons. The molecule has 1 spiro atoms. The van der Waals surface area contributed by atoms with E-state index in [2.05, 4.69) is 12.2 Å². The van der Waals surface area contributed by atoms with Gasteiger partial charge in [0.2, 0.25) is 0 Å². The maximum absolute atomic E-state index is 11.1. The van der Waals surface area contributed by atoms with Crippen LogP contribution in [0.5, 0.6) is 0 Å². The van der Waals surface area contributed by atoms with E-state index in [4.69, 9.17) is 4.74 Å². The minimum Gasteiger partial charge on any atom is -0.378 e. The maximum atomic E-state index is 11.1. The lowest BCUT2D eigenvalue weighted by atomic mass is 9.60. The van der Waals surface area contributed by atoms with Gasteiger partial charge in [0, 0.05) is 24.3 Å². The van der Waals surface area contributed by atoms with Gasteiger partial charge in [-0.1, -0.05) is 12.8 Å². The average Bonchev–Trinajstić information content (AvgIpc) is 2.82. The highest BCUT2D eigenvalue weighted by Crippen LogP contribution is 2.54. The molecule has 0 saturated heterocycles. The molecule has 2 fully saturated rings. The zero-order chi connectivity index (χ0) is 13.9. The third-order valence-electron chi connectivity index (χ3n) is 4.77. The van der Waals surface area contributed by atoms with E-state index in [1.54, 1.807) is 0 Å². The van der Waals surface area contributed by atoms with Gasteiger partial charge in [0.25, 0.3) is 0 Å². The van der Waals surface area contributed by atoms with Crippen LogP contribution in [0.25, 0.3) is 0 Å². The van der Waals surface area contributed by atoms with Crippen molar-refractivity contribution in [3.8, 4) is 0 Å². The highest BCUT2D eigenvalue weighted by molar-refractivity contribution is 7.90. The minimum atomic E-state index is -2.82. The van der Waals surface area contributed by atoms with Gasteiger partial charge in [-0.15, -0.1) is 0 Å². The Labute approximate surface area is 117 Å². The molecule has 0 aromatic carbocycles. The summed E-state index contributed by atoms with van der Waals surface area (Å²) in [6, 6.07) is 0.533. The highest BCUT2D eigenvalue weighted by Gasteiger charge is 2.56. The van der Waals surface area contributed by atoms with Crippen LogP contribution in [0.15, 0.2) is 0 Å². The van der Waals surface area contributed by atoms with Crippen molar-refractivity contribution in [2.24, 2.45) is 5.41 Å². The van der Waals surface area contributed by atoms with E-state index in [0.717, 1.165) is 19.6 Å². The van der Waals surface area contributed by atoms with Crippen molar-refractivity contribution in [3.05, 3.63) is 0 Å². The molecule has 4 nitrogen and oxygen atoms in total. The second kappa shape index (κ2) is 6.10. The molecular weight excluding hydrogens is 262 g/mol. The number of hydrogen-bond donors (Lipinski definition) is 1. The fourth-order valence-electron chi connectivity index (χ4n) is 3.78. The van der Waals surface area contributed by atoms with Crippen molar-refractivity contribution >= 4 is 9.84 Å². The molecule has 0 aromatic rings. The first kappa shape index (κ1) is 15.3. The smallest absolute Gasteiger partial charge is 0.147 e. The van der Waals surface area contributed by atoms with Crippen molar-refractivity contribution in [1.29, 1.82) is 0 Å². The first-order valence-corrected chi connectivity index (χ1v) is 9.57. The van der Waals surface area contributed by atoms with Gasteiger partial charge in [-0.25, -0.2) is 8.42 Å². The van der Waals surface area contributed by atoms with Crippen molar-refractivity contribution in [2.45, 2.75) is 57.6 Å². The molecule has 0 heterocycles. The van der Waals surface area contributed by atoms with Gasteiger partial charge in [-0.2, -0.15) is 0 Å². The molecule has 0 aromatic heterocycles. The minimum absolute atomic E-state index is 0.286. The van der Waals surface area contributed by atoms with Crippen molar-refractivity contribution in [3.63, 3.8) is 0 Å². The molecule has 2 aliphatic rings. The van der Waals surface area contributed by atoms with Crippen LogP contribution >= 0.6 is 0 Å². The number of nitrogens with one attached hydrogen (secondary N) is 1. The van der Waals surface area contributed by atoms with Crippen LogP contribution < -0.4 is 5.32 Å². The van der Waals surface area contributed by atoms with E-state index in [1.807, 2.05) is 0 Å². The predicted molar refractivity (Wildman–Crippen MR) is 77.1 cm³/mol. The van der Waals surface area contributed by atoms with E-state index in [9.17, 15) is 8.42 Å². The maximum Gasteiger partial charge on any atom is 0.147 e. The summed E-state index contributed by atoms with van der Waals surface area (Å²) in [5.74, 6) is 0.286. The Kier molecular flexibility index (Phi) is 4.90. The lowest BCUT2D eigenvalue weighted by molar-refractivity contribution is -0.130. The highest BCUT2D eigenvalue weighted by atomic mass is 32.2. The molecule has 0 amide bonds. The summed E-state index contributed by atoms with van der Waals surface area (Å²) >= 11 is 0. The normalized spacial score (nSPS) is 29.6. The summed E-state index contributed by atoms with van der Waals surface area (Å²) in [6.45, 7) is 3.67. The SMILES string of the molecule is CCOC1CC(NCCCS(C)(=O)=O)C12CCCC2. The van der Waals surface area contributed by atoms with Gasteiger partial charge in [0.05, 0.1) is 11.9 Å². The summed E-state index contributed by atoms with van der Waals surface area (Å²) in [4.78, 5) is 0. The van der Waals surface area contributed by atoms with Gasteiger partial charge in [0.1, 0.15) is 9.84 Å². The van der Waals surface area contributed by atoms with Crippen LogP contribution in [0.2, 0.25) is 0 Å². The van der Waals surface area contributed by atoms with Crippen LogP contribution in [0.4, 0.5) is 0 Å². The lowest BCUT2D eigenvalue weighted by Gasteiger charge is -2.54. The van der Waals surface area contributed by atoms with Crippen molar-refractivity contribution in [2.75, 3.05) is 25.2 Å². The quantitative estimate of drug-likeness (QED) is 0.726. The van der Waals surface area contributed by atoms with Crippen LogP contribution in [0, 0.1) is 5.41 Å². The zero-order valence-electron chi connectivity index (χ0n) is 12.2. The standard InChI is InChI=1S/C14H27NO3S/c1-3-18-13-11-12(14(13)7-4-5-8-14)15-9-6-10-19(2,16)17/h12-13,15H,3-11H2,1-2H3. The average molecular weight is 289 g/mol. The van der Waals surface area contributed by atoms with Crippen LogP contribution in [-0.2, 0) is 14.6 Å². The molecule has 0 aliphatic heterocycles. The molecule has 0 bridgehead atoms. The Bertz CT molecular complexity index is 387. The Morgan fingerprint density at radius 2 is 2.00 bits per heavy atom. The fraction of sp³-hybridized carbons (Fsp3) is 1.00. The predicted octanol–water partition coefficient (Wildman–Crippen LogP) is 1.75. The summed E-state index contributed by atoms with van der Waals surface area (Å²) < 4.78 is 28.1. The molecule has 2 aliphatic carbocycles. The third kappa shape index (κ3) is 3.50. The van der Waals surface area contributed by atoms with E-state index < -0.39 is 9.84 Å². The molecule has 2 atom stereocenters. The van der Waals surface area contributed by atoms with E-state index in [1.165, 1.54) is 31.9 Å². The van der Waals surface area contributed by atoms with Gasteiger partial charge in [-0.3, -0.25) is 0 Å². The largest absolute Gasteiger partial charge is 0.378 e. The first-order chi connectivity index (χ1) is 8.98. The first-order valence-electron chi connectivity index (χ1n) is 7.50. The fourth-order valence-corrected chi connectivity index (χ4v) is 4.45. The topological polar surface area (TPSA) is 55.4 Å². The second-order valence-corrected chi connectivity index (χ2v) is 8.37. The van der Waals surface area contributed by atoms with Gasteiger partial charge >= 0.3 is 0 Å². The molecular formula is C14H27NO3S. The molecule has 1 N–H and O–H groups in total. The second-order valence-electron chi connectivity index (χ2n) is 6.11. The summed E-state index contributed by atoms with van der Waals surface area (Å²) in [5, 5.41) is 3.57. The number of ether oxygens (including phenoxy) is 1. The van der Waals surface area contributed by atoms with Crippen LogP contribution in [0.3, 0.4) is 0 Å². The molecule has 112 valence electrons. The number of sulfone groups is 1. The Morgan fingerprint density at radius 1 is 1.32 bits per heavy atom. The third-order valence-corrected chi connectivity index (χ3v) is 5.80. The Hall–Kier alpha value is -0.130. The Morgan fingerprint density at radius 3 is 2.58 bits per heavy atom. The van der Waals surface area contributed by atoms with Crippen molar-refractivity contribution < 1.29 is 13.2 Å². The molecule has 19 heavy (non-hydrogen) atoms. The number of hydrogen-bond acceptors (Lipinski definition) is 4.